The molecule has 5 rings (SSSR count). The van der Waals surface area contributed by atoms with Crippen LogP contribution in [0.2, 0.25) is 0 Å². The number of Topliss-reactive ketones (excluding diaryl/α,β-unsaturated/α-hetero) is 1. The Kier molecular flexibility index (Phi) is 6.66. The van der Waals surface area contributed by atoms with Gasteiger partial charge < -0.3 is 20.3 Å². The first-order chi connectivity index (χ1) is 18.3. The third kappa shape index (κ3) is 3.70. The van der Waals surface area contributed by atoms with E-state index in [0.29, 0.717) is 18.4 Å². The smallest absolute Gasteiger partial charge is 0.408 e. The van der Waals surface area contributed by atoms with Gasteiger partial charge in [-0.3, -0.25) is 9.59 Å². The number of carbonyl (C=O) groups is 3. The molecule has 9 atom stereocenters. The number of nitrogens with one attached hydrogen (secondary N) is 1. The van der Waals surface area contributed by atoms with Crippen molar-refractivity contribution in [3.8, 4) is 0 Å². The zero-order valence-corrected chi connectivity index (χ0v) is 22.9. The van der Waals surface area contributed by atoms with E-state index < -0.39 is 70.5 Å². The number of carbonyl (C=O) groups excluding carboxylic acids is 3. The highest BCUT2D eigenvalue weighted by Gasteiger charge is 2.77. The van der Waals surface area contributed by atoms with Crippen LogP contribution in [0, 0.1) is 28.6 Å². The maximum absolute atomic E-state index is 17.4. The number of amides is 1. The van der Waals surface area contributed by atoms with Crippen LogP contribution in [0.4, 0.5) is 9.18 Å². The number of aliphatic hydroxyl groups excluding tert-OH is 2. The minimum absolute atomic E-state index is 0.0953. The molecule has 0 saturated heterocycles. The molecule has 7 nitrogen and oxygen atoms in total. The highest BCUT2D eigenvalue weighted by Crippen LogP contribution is 2.71. The van der Waals surface area contributed by atoms with Gasteiger partial charge in [0, 0.05) is 29.1 Å². The second-order valence-corrected chi connectivity index (χ2v) is 12.4. The number of hydrogen-bond acceptors (Lipinski definition) is 6. The number of ketones is 2. The molecule has 8 heteroatoms. The highest BCUT2D eigenvalue weighted by atomic mass is 19.1. The number of alkyl carbamates (subject to hydrolysis) is 1. The van der Waals surface area contributed by atoms with E-state index in [-0.39, 0.29) is 18.6 Å². The fraction of sp³-hybridized carbons (Fsp3) is 0.581. The molecule has 0 bridgehead atoms. The number of alkyl halides is 1. The fourth-order valence-electron chi connectivity index (χ4n) is 8.60. The van der Waals surface area contributed by atoms with Crippen LogP contribution in [0.15, 0.2) is 54.1 Å². The van der Waals surface area contributed by atoms with Crippen molar-refractivity contribution in [1.29, 1.82) is 0 Å². The summed E-state index contributed by atoms with van der Waals surface area (Å²) in [6, 6.07) is 8.91. The van der Waals surface area contributed by atoms with Crippen LogP contribution in [0.25, 0.3) is 0 Å². The molecular formula is C31H38FNO6. The van der Waals surface area contributed by atoms with Crippen molar-refractivity contribution in [2.75, 3.05) is 6.61 Å². The number of aliphatic hydroxyl groups is 2. The maximum atomic E-state index is 17.4. The number of rotatable bonds is 5. The summed E-state index contributed by atoms with van der Waals surface area (Å²) >= 11 is 0. The summed E-state index contributed by atoms with van der Waals surface area (Å²) in [5.41, 5.74) is -4.59. The number of halogens is 1. The zero-order chi connectivity index (χ0) is 28.4. The Balaban J connectivity index is 1.52. The minimum atomic E-state index is -2.07. The van der Waals surface area contributed by atoms with Gasteiger partial charge in [-0.2, -0.15) is 0 Å². The molecule has 0 aliphatic heterocycles. The SMILES string of the molecule is C[C@@H](NC(=O)O[C@]1(C(=O)CO)[C@@H](C)C[C@H]2[C@@H]3CC=C4CC(=O)C=C[C@]4(C)[C@@]3(F)[C@@H](O)C[C@@]21C)c1ccccc1. The molecule has 2 saturated carbocycles. The molecule has 0 heterocycles. The Hall–Kier alpha value is -2.84. The summed E-state index contributed by atoms with van der Waals surface area (Å²) in [6.07, 6.45) is 3.28. The van der Waals surface area contributed by atoms with Gasteiger partial charge in [0.1, 0.15) is 6.61 Å². The van der Waals surface area contributed by atoms with E-state index >= 15 is 4.39 Å². The van der Waals surface area contributed by atoms with Crippen LogP contribution < -0.4 is 5.32 Å². The summed E-state index contributed by atoms with van der Waals surface area (Å²) in [7, 11) is 0. The topological polar surface area (TPSA) is 113 Å². The predicted molar refractivity (Wildman–Crippen MR) is 142 cm³/mol. The van der Waals surface area contributed by atoms with Gasteiger partial charge in [0.25, 0.3) is 0 Å². The monoisotopic (exact) mass is 539 g/mol. The van der Waals surface area contributed by atoms with Crippen molar-refractivity contribution < 1.29 is 33.7 Å². The van der Waals surface area contributed by atoms with Gasteiger partial charge in [-0.15, -0.1) is 0 Å². The number of fused-ring (bicyclic) bond motifs is 5. The first-order valence-electron chi connectivity index (χ1n) is 13.8. The molecule has 0 radical (unpaired) electrons. The van der Waals surface area contributed by atoms with E-state index in [0.717, 1.165) is 5.56 Å². The van der Waals surface area contributed by atoms with Crippen molar-refractivity contribution >= 4 is 17.7 Å². The van der Waals surface area contributed by atoms with Crippen molar-refractivity contribution in [1.82, 2.24) is 5.32 Å². The van der Waals surface area contributed by atoms with Crippen molar-refractivity contribution in [3.63, 3.8) is 0 Å². The fourth-order valence-corrected chi connectivity index (χ4v) is 8.60. The van der Waals surface area contributed by atoms with Crippen LogP contribution in [-0.2, 0) is 14.3 Å². The number of hydrogen-bond donors (Lipinski definition) is 3. The zero-order valence-electron chi connectivity index (χ0n) is 22.9. The third-order valence-electron chi connectivity index (χ3n) is 10.6. The lowest BCUT2D eigenvalue weighted by Crippen LogP contribution is -2.70. The first kappa shape index (κ1) is 27.7. The quantitative estimate of drug-likeness (QED) is 0.479. The van der Waals surface area contributed by atoms with Crippen LogP contribution in [0.1, 0.15) is 65.0 Å². The number of benzene rings is 1. The van der Waals surface area contributed by atoms with Gasteiger partial charge in [-0.25, -0.2) is 9.18 Å². The first-order valence-corrected chi connectivity index (χ1v) is 13.8. The Morgan fingerprint density at radius 1 is 1.21 bits per heavy atom. The average Bonchev–Trinajstić information content (AvgIpc) is 3.12. The largest absolute Gasteiger partial charge is 0.434 e. The Morgan fingerprint density at radius 2 is 1.90 bits per heavy atom. The van der Waals surface area contributed by atoms with Crippen LogP contribution >= 0.6 is 0 Å². The van der Waals surface area contributed by atoms with E-state index in [4.69, 9.17) is 4.74 Å². The molecule has 1 aromatic rings. The molecule has 1 amide bonds. The van der Waals surface area contributed by atoms with E-state index in [1.807, 2.05) is 36.4 Å². The normalized spacial score (nSPS) is 41.5. The van der Waals surface area contributed by atoms with E-state index in [2.05, 4.69) is 5.32 Å². The van der Waals surface area contributed by atoms with Crippen molar-refractivity contribution in [2.45, 2.75) is 76.8 Å². The lowest BCUT2D eigenvalue weighted by Gasteiger charge is -2.62. The van der Waals surface area contributed by atoms with Gasteiger partial charge in [0.15, 0.2) is 17.1 Å². The van der Waals surface area contributed by atoms with Crippen molar-refractivity contribution in [2.24, 2.45) is 28.6 Å². The molecule has 0 aromatic heterocycles. The van der Waals surface area contributed by atoms with E-state index in [9.17, 15) is 24.6 Å². The van der Waals surface area contributed by atoms with Crippen molar-refractivity contribution in [3.05, 3.63) is 59.7 Å². The Labute approximate surface area is 228 Å². The Bertz CT molecular complexity index is 1250. The summed E-state index contributed by atoms with van der Waals surface area (Å²) in [4.78, 5) is 39.0. The third-order valence-corrected chi connectivity index (χ3v) is 10.6. The van der Waals surface area contributed by atoms with Crippen LogP contribution in [0.5, 0.6) is 0 Å². The molecule has 3 N–H and O–H groups in total. The molecule has 1 aromatic carbocycles. The van der Waals surface area contributed by atoms with Gasteiger partial charge in [-0.1, -0.05) is 61.9 Å². The molecule has 4 aliphatic carbocycles. The minimum Gasteiger partial charge on any atom is -0.434 e. The molecule has 0 unspecified atom stereocenters. The lowest BCUT2D eigenvalue weighted by atomic mass is 9.45. The summed E-state index contributed by atoms with van der Waals surface area (Å²) in [6.45, 7) is 6.27. The summed E-state index contributed by atoms with van der Waals surface area (Å²) < 4.78 is 23.5. The van der Waals surface area contributed by atoms with Crippen LogP contribution in [0.3, 0.4) is 0 Å². The standard InChI is InChI=1S/C31H38FNO6/c1-18-14-24-23-11-10-21-15-22(35)12-13-28(21,3)30(23,32)25(36)16-29(24,4)31(18,26(37)17-34)39-27(38)33-19(2)20-8-6-5-7-9-20/h5-10,12-13,18-19,23-25,34,36H,11,14-17H2,1-4H3,(H,33,38)/t18-,19+,23-,24-,25-,28-,29-,30-,31-/m0/s1. The summed E-state index contributed by atoms with van der Waals surface area (Å²) in [5.74, 6) is -2.37. The van der Waals surface area contributed by atoms with Gasteiger partial charge >= 0.3 is 6.09 Å². The maximum Gasteiger partial charge on any atom is 0.408 e. The number of ether oxygens (including phenoxy) is 1. The second-order valence-electron chi connectivity index (χ2n) is 12.4. The van der Waals surface area contributed by atoms with Gasteiger partial charge in [0.05, 0.1) is 12.1 Å². The molecular weight excluding hydrogens is 501 g/mol. The molecule has 4 aliphatic rings. The predicted octanol–water partition coefficient (Wildman–Crippen LogP) is 4.39. The molecule has 210 valence electrons. The average molecular weight is 540 g/mol. The number of allylic oxidation sites excluding steroid dienone is 4. The second kappa shape index (κ2) is 9.37. The molecule has 39 heavy (non-hydrogen) atoms. The van der Waals surface area contributed by atoms with Crippen LogP contribution in [-0.4, -0.2) is 51.9 Å². The Morgan fingerprint density at radius 3 is 2.56 bits per heavy atom. The van der Waals surface area contributed by atoms with Gasteiger partial charge in [-0.05, 0) is 50.7 Å². The van der Waals surface area contributed by atoms with Gasteiger partial charge in [0.2, 0.25) is 5.78 Å². The van der Waals surface area contributed by atoms with E-state index in [1.165, 1.54) is 6.08 Å². The highest BCUT2D eigenvalue weighted by molar-refractivity contribution is 5.94. The van der Waals surface area contributed by atoms with E-state index in [1.54, 1.807) is 33.8 Å². The molecule has 0 spiro atoms. The summed E-state index contributed by atoms with van der Waals surface area (Å²) in [5, 5.41) is 24.5. The lowest BCUT2D eigenvalue weighted by molar-refractivity contribution is -0.214. The molecule has 2 fully saturated rings.